The third-order valence-corrected chi connectivity index (χ3v) is 5.45. The summed E-state index contributed by atoms with van der Waals surface area (Å²) in [5, 5.41) is 5.62. The number of fused-ring (bicyclic) bond motifs is 1. The van der Waals surface area contributed by atoms with Crippen LogP contribution < -0.4 is 11.3 Å². The predicted octanol–water partition coefficient (Wildman–Crippen LogP) is 3.50. The summed E-state index contributed by atoms with van der Waals surface area (Å²) in [5.74, 6) is 0.133. The standard InChI is InChI=1S/C20H15ClN4O3S/c1-2-28-16-10-11(7-8-15(16)26)9-13-17(22)25-20(23-18(13)27)29-19(24-25)12-5-3-4-6-14(12)21/h3-10H,2,22H2,1H3. The van der Waals surface area contributed by atoms with E-state index in [4.69, 9.17) is 22.1 Å². The van der Waals surface area contributed by atoms with Crippen LogP contribution in [0.1, 0.15) is 12.5 Å². The highest BCUT2D eigenvalue weighted by Gasteiger charge is 2.17. The van der Waals surface area contributed by atoms with Crippen molar-refractivity contribution < 1.29 is 9.53 Å². The van der Waals surface area contributed by atoms with Crippen LogP contribution in [0.15, 0.2) is 58.6 Å². The number of nitrogens with two attached hydrogens (primary N) is 1. The molecule has 3 aromatic rings. The first-order valence-electron chi connectivity index (χ1n) is 8.70. The number of hydrogen-bond donors (Lipinski definition) is 1. The second-order valence-electron chi connectivity index (χ2n) is 6.08. The Morgan fingerprint density at radius 1 is 1.28 bits per heavy atom. The molecule has 0 unspecified atom stereocenters. The number of nitrogens with zero attached hydrogens (tertiary/aromatic N) is 3. The number of benzene rings is 1. The maximum atomic E-state index is 12.6. The Kier molecular flexibility index (Phi) is 5.04. The maximum Gasteiger partial charge on any atom is 0.283 e. The van der Waals surface area contributed by atoms with Crippen molar-refractivity contribution in [2.45, 2.75) is 6.92 Å². The lowest BCUT2D eigenvalue weighted by Gasteiger charge is -2.10. The van der Waals surface area contributed by atoms with Gasteiger partial charge in [0.25, 0.3) is 5.56 Å². The molecule has 146 valence electrons. The zero-order chi connectivity index (χ0) is 20.5. The number of halogens is 1. The molecule has 29 heavy (non-hydrogen) atoms. The number of aromatic nitrogens is 3. The fraction of sp³-hybridized carbons (Fsp3) is 0.100. The van der Waals surface area contributed by atoms with E-state index in [9.17, 15) is 9.59 Å². The number of rotatable bonds is 4. The summed E-state index contributed by atoms with van der Waals surface area (Å²) in [5.41, 5.74) is 7.26. The molecule has 1 aliphatic carbocycles. The van der Waals surface area contributed by atoms with Gasteiger partial charge in [0.1, 0.15) is 10.8 Å². The monoisotopic (exact) mass is 426 g/mol. The molecule has 0 saturated carbocycles. The van der Waals surface area contributed by atoms with Crippen LogP contribution in [0.5, 0.6) is 0 Å². The summed E-state index contributed by atoms with van der Waals surface area (Å²) in [7, 11) is 0. The minimum absolute atomic E-state index is 0.152. The Labute approximate surface area is 174 Å². The van der Waals surface area contributed by atoms with Crippen LogP contribution in [-0.2, 0) is 9.53 Å². The molecular formula is C20H15ClN4O3S. The molecule has 0 fully saturated rings. The van der Waals surface area contributed by atoms with Crippen molar-refractivity contribution >= 4 is 45.6 Å². The first-order chi connectivity index (χ1) is 14.0. The van der Waals surface area contributed by atoms with Crippen molar-refractivity contribution in [3.05, 3.63) is 74.8 Å². The highest BCUT2D eigenvalue weighted by Crippen LogP contribution is 2.31. The second-order valence-corrected chi connectivity index (χ2v) is 7.44. The van der Waals surface area contributed by atoms with E-state index in [0.717, 1.165) is 5.56 Å². The van der Waals surface area contributed by atoms with Gasteiger partial charge in [-0.25, -0.2) is 0 Å². The fourth-order valence-corrected chi connectivity index (χ4v) is 4.03. The van der Waals surface area contributed by atoms with Gasteiger partial charge in [-0.1, -0.05) is 47.2 Å². The van der Waals surface area contributed by atoms with Gasteiger partial charge in [-0.05, 0) is 36.8 Å². The zero-order valence-corrected chi connectivity index (χ0v) is 16.8. The number of carbonyl (C=O) groups is 1. The Balaban J connectivity index is 1.83. The van der Waals surface area contributed by atoms with Crippen molar-refractivity contribution in [3.8, 4) is 10.6 Å². The van der Waals surface area contributed by atoms with Gasteiger partial charge in [0, 0.05) is 5.56 Å². The van der Waals surface area contributed by atoms with Crippen molar-refractivity contribution in [2.24, 2.45) is 0 Å². The molecule has 0 bridgehead atoms. The Morgan fingerprint density at radius 2 is 2.07 bits per heavy atom. The molecule has 0 atom stereocenters. The van der Waals surface area contributed by atoms with E-state index in [-0.39, 0.29) is 22.9 Å². The van der Waals surface area contributed by atoms with Gasteiger partial charge >= 0.3 is 0 Å². The molecule has 2 heterocycles. The topological polar surface area (TPSA) is 99.6 Å². The van der Waals surface area contributed by atoms with Crippen molar-refractivity contribution in [1.29, 1.82) is 0 Å². The highest BCUT2D eigenvalue weighted by molar-refractivity contribution is 7.19. The van der Waals surface area contributed by atoms with Gasteiger partial charge in [-0.2, -0.15) is 14.6 Å². The first-order valence-corrected chi connectivity index (χ1v) is 9.90. The number of carbonyl (C=O) groups excluding carboxylic acids is 1. The number of anilines is 1. The summed E-state index contributed by atoms with van der Waals surface area (Å²) < 4.78 is 6.74. The Bertz CT molecular complexity index is 1290. The Morgan fingerprint density at radius 3 is 2.83 bits per heavy atom. The molecule has 9 heteroatoms. The van der Waals surface area contributed by atoms with E-state index in [1.54, 1.807) is 31.2 Å². The third-order valence-electron chi connectivity index (χ3n) is 4.17. The largest absolute Gasteiger partial charge is 0.490 e. The lowest BCUT2D eigenvalue weighted by Crippen LogP contribution is -2.17. The molecule has 7 nitrogen and oxygen atoms in total. The average molecular weight is 427 g/mol. The van der Waals surface area contributed by atoms with E-state index in [1.165, 1.54) is 21.9 Å². The maximum absolute atomic E-state index is 12.6. The van der Waals surface area contributed by atoms with Crippen LogP contribution in [0.25, 0.3) is 21.6 Å². The van der Waals surface area contributed by atoms with Gasteiger partial charge in [0.15, 0.2) is 5.76 Å². The summed E-state index contributed by atoms with van der Waals surface area (Å²) >= 11 is 7.47. The molecule has 0 aliphatic heterocycles. The lowest BCUT2D eigenvalue weighted by atomic mass is 10.0. The summed E-state index contributed by atoms with van der Waals surface area (Å²) in [6, 6.07) is 7.27. The van der Waals surface area contributed by atoms with Crippen molar-refractivity contribution in [1.82, 2.24) is 14.6 Å². The normalized spacial score (nSPS) is 15.2. The van der Waals surface area contributed by atoms with Gasteiger partial charge in [0.05, 0.1) is 17.2 Å². The van der Waals surface area contributed by atoms with E-state index in [0.29, 0.717) is 27.2 Å². The van der Waals surface area contributed by atoms with Crippen LogP contribution in [-0.4, -0.2) is 27.0 Å². The van der Waals surface area contributed by atoms with Gasteiger partial charge in [0.2, 0.25) is 10.7 Å². The van der Waals surface area contributed by atoms with E-state index in [2.05, 4.69) is 10.1 Å². The molecule has 0 amide bonds. The summed E-state index contributed by atoms with van der Waals surface area (Å²) in [6.45, 7) is 2.15. The highest BCUT2D eigenvalue weighted by atomic mass is 35.5. The molecule has 2 N–H and O–H groups in total. The van der Waals surface area contributed by atoms with Crippen LogP contribution >= 0.6 is 22.9 Å². The fourth-order valence-electron chi connectivity index (χ4n) is 2.81. The molecule has 2 aromatic heterocycles. The number of ketones is 1. The Hall–Kier alpha value is -3.23. The van der Waals surface area contributed by atoms with Gasteiger partial charge in [-0.15, -0.1) is 0 Å². The summed E-state index contributed by atoms with van der Waals surface area (Å²) in [6.07, 6.45) is 6.10. The zero-order valence-electron chi connectivity index (χ0n) is 15.3. The molecular weight excluding hydrogens is 412 g/mol. The van der Waals surface area contributed by atoms with Gasteiger partial charge in [-0.3, -0.25) is 9.59 Å². The average Bonchev–Trinajstić information content (AvgIpc) is 3.12. The first kappa shape index (κ1) is 19.1. The number of ether oxygens (including phenoxy) is 1. The number of hydrogen-bond acceptors (Lipinski definition) is 7. The number of nitrogen functional groups attached to an aromatic ring is 1. The second kappa shape index (κ2) is 7.65. The predicted molar refractivity (Wildman–Crippen MR) is 114 cm³/mol. The van der Waals surface area contributed by atoms with Crippen molar-refractivity contribution in [3.63, 3.8) is 0 Å². The van der Waals surface area contributed by atoms with Crippen LogP contribution in [0.3, 0.4) is 0 Å². The minimum atomic E-state index is -0.485. The molecule has 0 saturated heterocycles. The third kappa shape index (κ3) is 3.59. The van der Waals surface area contributed by atoms with Crippen LogP contribution in [0.4, 0.5) is 5.82 Å². The molecule has 1 aliphatic rings. The quantitative estimate of drug-likeness (QED) is 0.685. The smallest absolute Gasteiger partial charge is 0.283 e. The SMILES string of the molecule is CCOC1=CC(=Cc2c(N)n3nc(-c4ccccc4Cl)sc3nc2=O)C=CC1=O. The lowest BCUT2D eigenvalue weighted by molar-refractivity contribution is -0.114. The molecule has 0 radical (unpaired) electrons. The van der Waals surface area contributed by atoms with E-state index < -0.39 is 5.56 Å². The molecule has 4 rings (SSSR count). The van der Waals surface area contributed by atoms with Crippen LogP contribution in [0.2, 0.25) is 5.02 Å². The number of allylic oxidation sites excluding steroid dienone is 4. The minimum Gasteiger partial charge on any atom is -0.490 e. The van der Waals surface area contributed by atoms with Crippen LogP contribution in [0, 0.1) is 0 Å². The molecule has 1 aromatic carbocycles. The van der Waals surface area contributed by atoms with E-state index in [1.807, 2.05) is 18.2 Å². The van der Waals surface area contributed by atoms with E-state index >= 15 is 0 Å². The van der Waals surface area contributed by atoms with Crippen molar-refractivity contribution in [2.75, 3.05) is 12.3 Å². The summed E-state index contributed by atoms with van der Waals surface area (Å²) in [4.78, 5) is 28.9. The van der Waals surface area contributed by atoms with Gasteiger partial charge < -0.3 is 10.5 Å². The molecule has 0 spiro atoms.